The molecule has 0 bridgehead atoms. The summed E-state index contributed by atoms with van der Waals surface area (Å²) >= 11 is 0. The molecule has 168 valence electrons. The van der Waals surface area contributed by atoms with Gasteiger partial charge in [0.05, 0.1) is 12.0 Å². The van der Waals surface area contributed by atoms with E-state index in [1.165, 1.54) is 23.1 Å². The third kappa shape index (κ3) is 4.12. The molecule has 1 saturated carbocycles. The van der Waals surface area contributed by atoms with Gasteiger partial charge in [-0.05, 0) is 79.6 Å². The van der Waals surface area contributed by atoms with Gasteiger partial charge in [-0.2, -0.15) is 0 Å². The minimum Gasteiger partial charge on any atom is -0.497 e. The normalized spacial score (nSPS) is 17.6. The van der Waals surface area contributed by atoms with Crippen LogP contribution in [0.2, 0.25) is 0 Å². The molecule has 0 radical (unpaired) electrons. The van der Waals surface area contributed by atoms with E-state index in [2.05, 4.69) is 22.0 Å². The molecule has 5 rings (SSSR count). The number of hydrogen-bond donors (Lipinski definition) is 2. The van der Waals surface area contributed by atoms with Crippen LogP contribution in [0, 0.1) is 0 Å². The highest BCUT2D eigenvalue weighted by atomic mass is 32.2. The summed E-state index contributed by atoms with van der Waals surface area (Å²) in [6, 6.07) is 12.4. The Bertz CT molecular complexity index is 1240. The van der Waals surface area contributed by atoms with Crippen LogP contribution in [0.25, 0.3) is 10.9 Å². The first-order valence-electron chi connectivity index (χ1n) is 11.0. The summed E-state index contributed by atoms with van der Waals surface area (Å²) in [5.74, 6) is 1.16. The van der Waals surface area contributed by atoms with Crippen LogP contribution in [0.15, 0.2) is 53.6 Å². The van der Waals surface area contributed by atoms with E-state index in [4.69, 9.17) is 4.74 Å². The molecule has 2 fully saturated rings. The molecule has 1 aliphatic heterocycles. The van der Waals surface area contributed by atoms with Gasteiger partial charge < -0.3 is 14.6 Å². The van der Waals surface area contributed by atoms with E-state index >= 15 is 0 Å². The molecule has 0 spiro atoms. The lowest BCUT2D eigenvalue weighted by Gasteiger charge is -2.32. The highest BCUT2D eigenvalue weighted by molar-refractivity contribution is 7.89. The number of aromatic nitrogens is 1. The number of amides is 1. The Labute approximate surface area is 187 Å². The average molecular weight is 454 g/mol. The summed E-state index contributed by atoms with van der Waals surface area (Å²) in [6.07, 6.45) is 5.61. The van der Waals surface area contributed by atoms with Gasteiger partial charge in [0, 0.05) is 41.8 Å². The van der Waals surface area contributed by atoms with Crippen molar-refractivity contribution in [2.24, 2.45) is 0 Å². The maximum atomic E-state index is 13.0. The van der Waals surface area contributed by atoms with Crippen LogP contribution in [-0.4, -0.2) is 50.5 Å². The molecule has 2 aromatic carbocycles. The average Bonchev–Trinajstić information content (AvgIpc) is 3.52. The van der Waals surface area contributed by atoms with Gasteiger partial charge in [0.1, 0.15) is 5.75 Å². The predicted molar refractivity (Wildman–Crippen MR) is 123 cm³/mol. The number of aromatic amines is 1. The number of hydrogen-bond acceptors (Lipinski definition) is 4. The number of methoxy groups -OCH3 is 1. The highest BCUT2D eigenvalue weighted by Crippen LogP contribution is 2.35. The van der Waals surface area contributed by atoms with Gasteiger partial charge in [-0.15, -0.1) is 0 Å². The van der Waals surface area contributed by atoms with Crippen molar-refractivity contribution >= 4 is 26.8 Å². The molecule has 7 nitrogen and oxygen atoms in total. The number of H-pyrrole nitrogens is 1. The van der Waals surface area contributed by atoms with Crippen molar-refractivity contribution < 1.29 is 17.9 Å². The fourth-order valence-electron chi connectivity index (χ4n) is 4.43. The third-order valence-electron chi connectivity index (χ3n) is 6.45. The molecule has 2 aliphatic rings. The number of nitrogens with one attached hydrogen (secondary N) is 2. The number of carbonyl (C=O) groups excluding carboxylic acids is 1. The molecule has 1 saturated heterocycles. The molecular weight excluding hydrogens is 426 g/mol. The van der Waals surface area contributed by atoms with Crippen LogP contribution >= 0.6 is 0 Å². The van der Waals surface area contributed by atoms with Gasteiger partial charge in [0.15, 0.2) is 0 Å². The van der Waals surface area contributed by atoms with Gasteiger partial charge >= 0.3 is 0 Å². The molecule has 8 heteroatoms. The maximum absolute atomic E-state index is 13.0. The van der Waals surface area contributed by atoms with Crippen LogP contribution < -0.4 is 9.46 Å². The summed E-state index contributed by atoms with van der Waals surface area (Å²) in [7, 11) is -1.84. The van der Waals surface area contributed by atoms with E-state index in [9.17, 15) is 13.2 Å². The van der Waals surface area contributed by atoms with Crippen molar-refractivity contribution in [3.8, 4) is 5.75 Å². The number of sulfonamides is 1. The summed E-state index contributed by atoms with van der Waals surface area (Å²) in [4.78, 5) is 18.4. The van der Waals surface area contributed by atoms with Crippen LogP contribution in [0.1, 0.15) is 47.5 Å². The zero-order valence-electron chi connectivity index (χ0n) is 18.0. The van der Waals surface area contributed by atoms with Crippen molar-refractivity contribution in [2.45, 2.75) is 42.5 Å². The Morgan fingerprint density at radius 3 is 2.44 bits per heavy atom. The van der Waals surface area contributed by atoms with Gasteiger partial charge in [-0.25, -0.2) is 13.1 Å². The fraction of sp³-hybridized carbons (Fsp3) is 0.375. The lowest BCUT2D eigenvalue weighted by Crippen LogP contribution is -2.37. The molecule has 0 atom stereocenters. The van der Waals surface area contributed by atoms with Gasteiger partial charge in [0.25, 0.3) is 5.91 Å². The van der Waals surface area contributed by atoms with Gasteiger partial charge in [-0.1, -0.05) is 0 Å². The van der Waals surface area contributed by atoms with E-state index in [1.807, 2.05) is 17.0 Å². The number of rotatable bonds is 6. The molecule has 2 heterocycles. The van der Waals surface area contributed by atoms with Crippen LogP contribution in [0.5, 0.6) is 5.75 Å². The summed E-state index contributed by atoms with van der Waals surface area (Å²) in [5, 5.41) is 1.17. The zero-order chi connectivity index (χ0) is 22.3. The Kier molecular flexibility index (Phi) is 5.43. The molecule has 1 aromatic heterocycles. The molecule has 1 amide bonds. The number of piperidine rings is 1. The maximum Gasteiger partial charge on any atom is 0.253 e. The van der Waals surface area contributed by atoms with Crippen molar-refractivity contribution in [3.05, 3.63) is 59.8 Å². The summed E-state index contributed by atoms with van der Waals surface area (Å²) in [5.41, 5.74) is 2.87. The predicted octanol–water partition coefficient (Wildman–Crippen LogP) is 3.64. The zero-order valence-corrected chi connectivity index (χ0v) is 18.8. The lowest BCUT2D eigenvalue weighted by molar-refractivity contribution is 0.0713. The first-order chi connectivity index (χ1) is 15.4. The number of fused-ring (bicyclic) bond motifs is 1. The Morgan fingerprint density at radius 1 is 1.06 bits per heavy atom. The number of likely N-dealkylation sites (tertiary alicyclic amines) is 1. The monoisotopic (exact) mass is 453 g/mol. The standard InChI is InChI=1S/C24H27N3O4S/c1-31-19-6-9-23-21(14-19)22(15-25-23)16-10-12-27(13-11-16)24(28)17-2-7-20(8-3-17)32(29,30)26-18-4-5-18/h2-3,6-9,14-16,18,25-26H,4-5,10-13H2,1H3. The van der Waals surface area contributed by atoms with E-state index in [0.717, 1.165) is 36.9 Å². The van der Waals surface area contributed by atoms with Crippen molar-refractivity contribution in [1.29, 1.82) is 0 Å². The Hall–Kier alpha value is -2.84. The van der Waals surface area contributed by atoms with Crippen molar-refractivity contribution in [2.75, 3.05) is 20.2 Å². The van der Waals surface area contributed by atoms with Crippen LogP contribution in [-0.2, 0) is 10.0 Å². The molecule has 3 aromatic rings. The molecule has 2 N–H and O–H groups in total. The van der Waals surface area contributed by atoms with Crippen LogP contribution in [0.3, 0.4) is 0 Å². The van der Waals surface area contributed by atoms with Gasteiger partial charge in [0.2, 0.25) is 10.0 Å². The van der Waals surface area contributed by atoms with E-state index < -0.39 is 10.0 Å². The second kappa shape index (κ2) is 8.26. The lowest BCUT2D eigenvalue weighted by atomic mass is 9.89. The topological polar surface area (TPSA) is 91.5 Å². The first kappa shape index (κ1) is 21.0. The van der Waals surface area contributed by atoms with Gasteiger partial charge in [-0.3, -0.25) is 4.79 Å². The van der Waals surface area contributed by atoms with E-state index in [-0.39, 0.29) is 16.8 Å². The summed E-state index contributed by atoms with van der Waals surface area (Å²) < 4.78 is 32.7. The summed E-state index contributed by atoms with van der Waals surface area (Å²) in [6.45, 7) is 1.34. The molecular formula is C24H27N3O4S. The van der Waals surface area contributed by atoms with Crippen molar-refractivity contribution in [3.63, 3.8) is 0 Å². The number of benzene rings is 2. The fourth-order valence-corrected chi connectivity index (χ4v) is 5.73. The van der Waals surface area contributed by atoms with E-state index in [1.54, 1.807) is 19.2 Å². The molecule has 0 unspecified atom stereocenters. The number of ether oxygens (including phenoxy) is 1. The Morgan fingerprint density at radius 2 is 1.78 bits per heavy atom. The largest absolute Gasteiger partial charge is 0.497 e. The second-order valence-electron chi connectivity index (χ2n) is 8.64. The number of carbonyl (C=O) groups is 1. The highest BCUT2D eigenvalue weighted by Gasteiger charge is 2.29. The van der Waals surface area contributed by atoms with E-state index in [0.29, 0.717) is 24.6 Å². The van der Waals surface area contributed by atoms with Crippen LogP contribution in [0.4, 0.5) is 0 Å². The quantitative estimate of drug-likeness (QED) is 0.596. The second-order valence-corrected chi connectivity index (χ2v) is 10.4. The SMILES string of the molecule is COc1ccc2[nH]cc(C3CCN(C(=O)c4ccc(S(=O)(=O)NC5CC5)cc4)CC3)c2c1. The smallest absolute Gasteiger partial charge is 0.253 e. The van der Waals surface area contributed by atoms with Crippen molar-refractivity contribution in [1.82, 2.24) is 14.6 Å². The molecule has 32 heavy (non-hydrogen) atoms. The Balaban J connectivity index is 1.25. The minimum atomic E-state index is -3.51. The molecule has 1 aliphatic carbocycles. The first-order valence-corrected chi connectivity index (χ1v) is 12.5. The number of nitrogens with zero attached hydrogens (tertiary/aromatic N) is 1. The third-order valence-corrected chi connectivity index (χ3v) is 7.99. The minimum absolute atomic E-state index is 0.0526.